The number of anilines is 1. The summed E-state index contributed by atoms with van der Waals surface area (Å²) in [6.45, 7) is 7.32. The monoisotopic (exact) mass is 438 g/mol. The molecule has 1 aliphatic rings. The van der Waals surface area contributed by atoms with E-state index in [9.17, 15) is 13.2 Å². The molecule has 3 rings (SSSR count). The van der Waals surface area contributed by atoms with E-state index in [-0.39, 0.29) is 4.90 Å². The van der Waals surface area contributed by atoms with Gasteiger partial charge >= 0.3 is 0 Å². The molecule has 1 aromatic heterocycles. The van der Waals surface area contributed by atoms with Crippen molar-refractivity contribution in [2.24, 2.45) is 0 Å². The second-order valence-electron chi connectivity index (χ2n) is 6.91. The van der Waals surface area contributed by atoms with Crippen molar-refractivity contribution in [3.8, 4) is 0 Å². The zero-order valence-electron chi connectivity index (χ0n) is 16.8. The van der Waals surface area contributed by atoms with Crippen LogP contribution in [0.25, 0.3) is 0 Å². The fourth-order valence-corrected chi connectivity index (χ4v) is 5.63. The summed E-state index contributed by atoms with van der Waals surface area (Å²) < 4.78 is 32.4. The number of hydrogen-bond acceptors (Lipinski definition) is 7. The third-order valence-electron chi connectivity index (χ3n) is 5.06. The average molecular weight is 439 g/mol. The number of aromatic nitrogens is 2. The van der Waals surface area contributed by atoms with Crippen molar-refractivity contribution in [2.75, 3.05) is 31.6 Å². The molecule has 8 nitrogen and oxygen atoms in total. The molecule has 2 heterocycles. The van der Waals surface area contributed by atoms with Gasteiger partial charge in [0, 0.05) is 24.6 Å². The van der Waals surface area contributed by atoms with E-state index >= 15 is 0 Å². The highest BCUT2D eigenvalue weighted by Gasteiger charge is 2.27. The standard InChI is InChI=1S/C19H26N4O4S2/c1-4-14(5-2)18-21-22-19(28-18)20-17(24)16-12-15(7-6-13(16)3)29(25,26)23-8-10-27-11-9-23/h6-7,12,14H,4-5,8-11H2,1-3H3,(H,20,22,24). The number of nitrogens with zero attached hydrogens (tertiary/aromatic N) is 3. The molecule has 1 N–H and O–H groups in total. The van der Waals surface area contributed by atoms with Gasteiger partial charge in [0.25, 0.3) is 5.91 Å². The van der Waals surface area contributed by atoms with Gasteiger partial charge in [-0.2, -0.15) is 4.31 Å². The Balaban J connectivity index is 1.81. The number of rotatable bonds is 7. The van der Waals surface area contributed by atoms with Crippen LogP contribution in [0.5, 0.6) is 0 Å². The molecule has 0 bridgehead atoms. The number of aryl methyl sites for hydroxylation is 1. The van der Waals surface area contributed by atoms with Crippen LogP contribution >= 0.6 is 11.3 Å². The summed E-state index contributed by atoms with van der Waals surface area (Å²) in [5.74, 6) is -0.0735. The Bertz CT molecular complexity index is 964. The lowest BCUT2D eigenvalue weighted by Gasteiger charge is -2.26. The molecule has 2 aromatic rings. The third kappa shape index (κ3) is 4.82. The first-order valence-electron chi connectivity index (χ1n) is 9.70. The van der Waals surface area contributed by atoms with Gasteiger partial charge < -0.3 is 4.74 Å². The SMILES string of the molecule is CCC(CC)c1nnc(NC(=O)c2cc(S(=O)(=O)N3CCOCC3)ccc2C)s1. The number of ether oxygens (including phenoxy) is 1. The van der Waals surface area contributed by atoms with Crippen molar-refractivity contribution >= 4 is 32.4 Å². The van der Waals surface area contributed by atoms with Crippen molar-refractivity contribution in [1.29, 1.82) is 0 Å². The first-order chi connectivity index (χ1) is 13.9. The first kappa shape index (κ1) is 21.8. The maximum absolute atomic E-state index is 12.9. The molecule has 0 unspecified atom stereocenters. The minimum atomic E-state index is -3.67. The lowest BCUT2D eigenvalue weighted by Crippen LogP contribution is -2.40. The number of amides is 1. The molecule has 1 aromatic carbocycles. The van der Waals surface area contributed by atoms with Crippen LogP contribution in [0.3, 0.4) is 0 Å². The predicted octanol–water partition coefficient (Wildman–Crippen LogP) is 3.02. The van der Waals surface area contributed by atoms with Gasteiger partial charge in [0.15, 0.2) is 0 Å². The van der Waals surface area contributed by atoms with E-state index in [0.29, 0.717) is 48.5 Å². The minimum Gasteiger partial charge on any atom is -0.379 e. The summed E-state index contributed by atoms with van der Waals surface area (Å²) in [6, 6.07) is 4.61. The molecule has 0 atom stereocenters. The van der Waals surface area contributed by atoms with Crippen LogP contribution in [0, 0.1) is 6.92 Å². The Hall–Kier alpha value is -1.88. The molecular formula is C19H26N4O4S2. The summed E-state index contributed by atoms with van der Waals surface area (Å²) in [6.07, 6.45) is 1.92. The van der Waals surface area contributed by atoms with Crippen LogP contribution in [0.2, 0.25) is 0 Å². The fourth-order valence-electron chi connectivity index (χ4n) is 3.19. The summed E-state index contributed by atoms with van der Waals surface area (Å²) in [7, 11) is -3.67. The van der Waals surface area contributed by atoms with E-state index in [0.717, 1.165) is 17.8 Å². The zero-order valence-corrected chi connectivity index (χ0v) is 18.5. The van der Waals surface area contributed by atoms with Crippen molar-refractivity contribution in [2.45, 2.75) is 44.4 Å². The second kappa shape index (κ2) is 9.29. The van der Waals surface area contributed by atoms with Crippen molar-refractivity contribution in [3.05, 3.63) is 34.3 Å². The molecule has 0 saturated carbocycles. The number of nitrogens with one attached hydrogen (secondary N) is 1. The molecule has 29 heavy (non-hydrogen) atoms. The highest BCUT2D eigenvalue weighted by Crippen LogP contribution is 2.28. The summed E-state index contributed by atoms with van der Waals surface area (Å²) in [4.78, 5) is 12.9. The molecule has 1 aliphatic heterocycles. The average Bonchev–Trinajstić information content (AvgIpc) is 3.18. The molecule has 158 valence electrons. The Kier molecular flexibility index (Phi) is 6.99. The summed E-state index contributed by atoms with van der Waals surface area (Å²) in [5, 5.41) is 12.3. The van der Waals surface area contributed by atoms with Crippen LogP contribution in [0.4, 0.5) is 5.13 Å². The van der Waals surface area contributed by atoms with Gasteiger partial charge in [-0.3, -0.25) is 10.1 Å². The molecular weight excluding hydrogens is 412 g/mol. The molecule has 1 amide bonds. The van der Waals surface area contributed by atoms with Crippen LogP contribution in [0.1, 0.15) is 53.5 Å². The van der Waals surface area contributed by atoms with Crippen LogP contribution in [-0.4, -0.2) is 55.1 Å². The minimum absolute atomic E-state index is 0.102. The van der Waals surface area contributed by atoms with E-state index in [2.05, 4.69) is 29.4 Å². The van der Waals surface area contributed by atoms with E-state index in [1.807, 2.05) is 0 Å². The Morgan fingerprint density at radius 1 is 1.24 bits per heavy atom. The van der Waals surface area contributed by atoms with Crippen molar-refractivity contribution in [3.63, 3.8) is 0 Å². The number of morpholine rings is 1. The van der Waals surface area contributed by atoms with Crippen LogP contribution < -0.4 is 5.32 Å². The summed E-state index contributed by atoms with van der Waals surface area (Å²) >= 11 is 1.36. The van der Waals surface area contributed by atoms with Gasteiger partial charge in [0.05, 0.1) is 18.1 Å². The van der Waals surface area contributed by atoms with E-state index < -0.39 is 15.9 Å². The maximum Gasteiger partial charge on any atom is 0.257 e. The van der Waals surface area contributed by atoms with Gasteiger partial charge in [-0.15, -0.1) is 10.2 Å². The van der Waals surface area contributed by atoms with E-state index in [1.54, 1.807) is 13.0 Å². The third-order valence-corrected chi connectivity index (χ3v) is 7.95. The summed E-state index contributed by atoms with van der Waals surface area (Å²) in [5.41, 5.74) is 0.992. The molecule has 10 heteroatoms. The molecule has 0 radical (unpaired) electrons. The van der Waals surface area contributed by atoms with Gasteiger partial charge in [0.1, 0.15) is 5.01 Å². The Morgan fingerprint density at radius 2 is 1.93 bits per heavy atom. The normalized spacial score (nSPS) is 15.6. The number of carbonyl (C=O) groups excluding carboxylic acids is 1. The molecule has 1 saturated heterocycles. The maximum atomic E-state index is 12.9. The Labute approximate surface area is 175 Å². The van der Waals surface area contributed by atoms with Crippen molar-refractivity contribution in [1.82, 2.24) is 14.5 Å². The van der Waals surface area contributed by atoms with Gasteiger partial charge in [-0.1, -0.05) is 31.3 Å². The van der Waals surface area contributed by atoms with E-state index in [1.165, 1.54) is 27.8 Å². The molecule has 0 spiro atoms. The smallest absolute Gasteiger partial charge is 0.257 e. The number of hydrogen-bond donors (Lipinski definition) is 1. The quantitative estimate of drug-likeness (QED) is 0.713. The van der Waals surface area contributed by atoms with Gasteiger partial charge in [-0.05, 0) is 37.5 Å². The lowest BCUT2D eigenvalue weighted by atomic mass is 10.1. The topological polar surface area (TPSA) is 101 Å². The zero-order chi connectivity index (χ0) is 21.0. The highest BCUT2D eigenvalue weighted by atomic mass is 32.2. The van der Waals surface area contributed by atoms with Crippen LogP contribution in [0.15, 0.2) is 23.1 Å². The predicted molar refractivity (Wildman–Crippen MR) is 112 cm³/mol. The van der Waals surface area contributed by atoms with Gasteiger partial charge in [0.2, 0.25) is 15.2 Å². The van der Waals surface area contributed by atoms with E-state index in [4.69, 9.17) is 4.74 Å². The number of benzene rings is 1. The molecule has 1 fully saturated rings. The molecule has 0 aliphatic carbocycles. The first-order valence-corrected chi connectivity index (χ1v) is 12.0. The van der Waals surface area contributed by atoms with Gasteiger partial charge in [-0.25, -0.2) is 8.42 Å². The fraction of sp³-hybridized carbons (Fsp3) is 0.526. The lowest BCUT2D eigenvalue weighted by molar-refractivity contribution is 0.0730. The van der Waals surface area contributed by atoms with Crippen LogP contribution in [-0.2, 0) is 14.8 Å². The number of sulfonamides is 1. The highest BCUT2D eigenvalue weighted by molar-refractivity contribution is 7.89. The Morgan fingerprint density at radius 3 is 2.59 bits per heavy atom. The van der Waals surface area contributed by atoms with Crippen molar-refractivity contribution < 1.29 is 17.9 Å². The second-order valence-corrected chi connectivity index (χ2v) is 9.85. The largest absolute Gasteiger partial charge is 0.379 e. The number of carbonyl (C=O) groups is 1.